The Morgan fingerprint density at radius 1 is 1.00 bits per heavy atom. The van der Waals surface area contributed by atoms with Crippen molar-refractivity contribution in [3.63, 3.8) is 0 Å². The van der Waals surface area contributed by atoms with Gasteiger partial charge in [-0.25, -0.2) is 9.97 Å². The molecule has 0 aliphatic carbocycles. The fourth-order valence-corrected chi connectivity index (χ4v) is 1.83. The van der Waals surface area contributed by atoms with Gasteiger partial charge in [-0.2, -0.15) is 0 Å². The molecule has 0 aliphatic rings. The van der Waals surface area contributed by atoms with Crippen molar-refractivity contribution in [1.29, 1.82) is 0 Å². The Kier molecular flexibility index (Phi) is 4.65. The second kappa shape index (κ2) is 6.31. The molecule has 0 saturated heterocycles. The number of benzene rings is 1. The highest BCUT2D eigenvalue weighted by molar-refractivity contribution is 5.32. The van der Waals surface area contributed by atoms with Crippen molar-refractivity contribution in [3.8, 4) is 5.75 Å². The zero-order valence-corrected chi connectivity index (χ0v) is 12.0. The van der Waals surface area contributed by atoms with Gasteiger partial charge in [0, 0.05) is 23.9 Å². The molecule has 0 fully saturated rings. The van der Waals surface area contributed by atoms with E-state index in [1.165, 1.54) is 24.5 Å². The maximum atomic E-state index is 12.1. The van der Waals surface area contributed by atoms with Gasteiger partial charge in [-0.1, -0.05) is 26.0 Å². The molecule has 0 spiro atoms. The van der Waals surface area contributed by atoms with E-state index < -0.39 is 12.5 Å². The predicted molar refractivity (Wildman–Crippen MR) is 73.3 cm³/mol. The third-order valence-corrected chi connectivity index (χ3v) is 2.95. The van der Waals surface area contributed by atoms with Gasteiger partial charge >= 0.3 is 6.36 Å². The number of halogens is 3. The van der Waals surface area contributed by atoms with Crippen molar-refractivity contribution in [2.75, 3.05) is 0 Å². The van der Waals surface area contributed by atoms with Gasteiger partial charge in [-0.3, -0.25) is 0 Å². The highest BCUT2D eigenvalue weighted by Crippen LogP contribution is 2.26. The van der Waals surface area contributed by atoms with Crippen LogP contribution in [0.4, 0.5) is 13.2 Å². The van der Waals surface area contributed by atoms with Crippen molar-refractivity contribution in [2.45, 2.75) is 32.2 Å². The number of aliphatic hydroxyl groups is 1. The van der Waals surface area contributed by atoms with E-state index in [4.69, 9.17) is 0 Å². The molecule has 0 saturated carbocycles. The van der Waals surface area contributed by atoms with Gasteiger partial charge in [-0.05, 0) is 17.7 Å². The van der Waals surface area contributed by atoms with E-state index in [0.717, 1.165) is 12.1 Å². The van der Waals surface area contributed by atoms with Crippen molar-refractivity contribution < 1.29 is 23.0 Å². The van der Waals surface area contributed by atoms with Crippen molar-refractivity contribution >= 4 is 0 Å². The average Bonchev–Trinajstić information content (AvgIpc) is 2.46. The van der Waals surface area contributed by atoms with E-state index in [1.807, 2.05) is 13.8 Å². The topological polar surface area (TPSA) is 55.2 Å². The molecule has 0 amide bonds. The summed E-state index contributed by atoms with van der Waals surface area (Å²) in [6.07, 6.45) is -2.73. The van der Waals surface area contributed by atoms with Crippen molar-refractivity contribution in [2.24, 2.45) is 0 Å². The highest BCUT2D eigenvalue weighted by atomic mass is 19.4. The summed E-state index contributed by atoms with van der Waals surface area (Å²) in [5.74, 6) is 0.490. The summed E-state index contributed by atoms with van der Waals surface area (Å²) < 4.78 is 40.0. The van der Waals surface area contributed by atoms with Crippen LogP contribution in [-0.2, 0) is 0 Å². The Morgan fingerprint density at radius 3 is 2.00 bits per heavy atom. The van der Waals surface area contributed by atoms with Crippen LogP contribution in [0.15, 0.2) is 36.7 Å². The Balaban J connectivity index is 2.13. The maximum absolute atomic E-state index is 12.1. The fourth-order valence-electron chi connectivity index (χ4n) is 1.83. The molecule has 1 heterocycles. The molecule has 7 heteroatoms. The largest absolute Gasteiger partial charge is 0.573 e. The van der Waals surface area contributed by atoms with Crippen LogP contribution in [0.25, 0.3) is 0 Å². The van der Waals surface area contributed by atoms with Gasteiger partial charge in [0.2, 0.25) is 0 Å². The molecule has 1 aromatic carbocycles. The van der Waals surface area contributed by atoms with Crippen LogP contribution in [0.2, 0.25) is 0 Å². The molecule has 1 unspecified atom stereocenters. The SMILES string of the molecule is CC(C)c1ncc(C(O)c2ccc(OC(F)(F)F)cc2)cn1. The van der Waals surface area contributed by atoms with E-state index in [2.05, 4.69) is 14.7 Å². The highest BCUT2D eigenvalue weighted by Gasteiger charge is 2.31. The number of aromatic nitrogens is 2. The van der Waals surface area contributed by atoms with Crippen LogP contribution in [0.1, 0.15) is 42.8 Å². The third-order valence-electron chi connectivity index (χ3n) is 2.95. The van der Waals surface area contributed by atoms with Crippen LogP contribution in [0.5, 0.6) is 5.75 Å². The number of nitrogens with zero attached hydrogens (tertiary/aromatic N) is 2. The predicted octanol–water partition coefficient (Wildman–Crippen LogP) is 3.58. The normalized spacial score (nSPS) is 13.2. The molecule has 22 heavy (non-hydrogen) atoms. The molecule has 0 bridgehead atoms. The first kappa shape index (κ1) is 16.2. The number of rotatable bonds is 4. The van der Waals surface area contributed by atoms with Gasteiger partial charge in [0.1, 0.15) is 17.7 Å². The number of alkyl halides is 3. The lowest BCUT2D eigenvalue weighted by molar-refractivity contribution is -0.274. The second-order valence-electron chi connectivity index (χ2n) is 5.05. The maximum Gasteiger partial charge on any atom is 0.573 e. The fraction of sp³-hybridized carbons (Fsp3) is 0.333. The van der Waals surface area contributed by atoms with E-state index in [-0.39, 0.29) is 11.7 Å². The Labute approximate surface area is 125 Å². The average molecular weight is 312 g/mol. The van der Waals surface area contributed by atoms with Gasteiger partial charge in [-0.15, -0.1) is 13.2 Å². The first-order chi connectivity index (χ1) is 10.3. The summed E-state index contributed by atoms with van der Waals surface area (Å²) in [5, 5.41) is 10.2. The van der Waals surface area contributed by atoms with Gasteiger partial charge in [0.05, 0.1) is 0 Å². The number of hydrogen-bond donors (Lipinski definition) is 1. The zero-order chi connectivity index (χ0) is 16.3. The number of ether oxygens (including phenoxy) is 1. The molecule has 0 aliphatic heterocycles. The molecular formula is C15H15F3N2O2. The first-order valence-electron chi connectivity index (χ1n) is 6.62. The zero-order valence-electron chi connectivity index (χ0n) is 12.0. The Bertz CT molecular complexity index is 610. The standard InChI is InChI=1S/C15H15F3N2O2/c1-9(2)14-19-7-11(8-20-14)13(21)10-3-5-12(6-4-10)22-15(16,17)18/h3-9,13,21H,1-2H3. The van der Waals surface area contributed by atoms with E-state index >= 15 is 0 Å². The lowest BCUT2D eigenvalue weighted by Crippen LogP contribution is -2.17. The summed E-state index contributed by atoms with van der Waals surface area (Å²) in [4.78, 5) is 8.29. The molecule has 1 atom stereocenters. The minimum absolute atomic E-state index is 0.171. The van der Waals surface area contributed by atoms with Crippen LogP contribution in [-0.4, -0.2) is 21.4 Å². The molecule has 2 aromatic rings. The smallest absolute Gasteiger partial charge is 0.406 e. The van der Waals surface area contributed by atoms with Crippen LogP contribution >= 0.6 is 0 Å². The molecule has 1 aromatic heterocycles. The van der Waals surface area contributed by atoms with Gasteiger partial charge < -0.3 is 9.84 Å². The molecule has 2 rings (SSSR count). The van der Waals surface area contributed by atoms with Crippen LogP contribution < -0.4 is 4.74 Å². The van der Waals surface area contributed by atoms with E-state index in [1.54, 1.807) is 0 Å². The lowest BCUT2D eigenvalue weighted by atomic mass is 10.0. The van der Waals surface area contributed by atoms with Crippen LogP contribution in [0.3, 0.4) is 0 Å². The quantitative estimate of drug-likeness (QED) is 0.937. The molecule has 1 N–H and O–H groups in total. The third kappa shape index (κ3) is 4.17. The molecule has 118 valence electrons. The van der Waals surface area contributed by atoms with E-state index in [9.17, 15) is 18.3 Å². The summed E-state index contributed by atoms with van der Waals surface area (Å²) >= 11 is 0. The van der Waals surface area contributed by atoms with Gasteiger partial charge in [0.25, 0.3) is 0 Å². The lowest BCUT2D eigenvalue weighted by Gasteiger charge is -2.13. The molecule has 4 nitrogen and oxygen atoms in total. The monoisotopic (exact) mass is 312 g/mol. The Hall–Kier alpha value is -2.15. The van der Waals surface area contributed by atoms with Crippen LogP contribution in [0, 0.1) is 0 Å². The van der Waals surface area contributed by atoms with E-state index in [0.29, 0.717) is 17.0 Å². The minimum atomic E-state index is -4.74. The van der Waals surface area contributed by atoms with Gasteiger partial charge in [0.15, 0.2) is 0 Å². The minimum Gasteiger partial charge on any atom is -0.406 e. The summed E-state index contributed by atoms with van der Waals surface area (Å²) in [6, 6.07) is 5.02. The summed E-state index contributed by atoms with van der Waals surface area (Å²) in [6.45, 7) is 3.90. The first-order valence-corrected chi connectivity index (χ1v) is 6.62. The molecular weight excluding hydrogens is 297 g/mol. The second-order valence-corrected chi connectivity index (χ2v) is 5.05. The number of hydrogen-bond acceptors (Lipinski definition) is 4. The van der Waals surface area contributed by atoms with Crippen molar-refractivity contribution in [1.82, 2.24) is 9.97 Å². The van der Waals surface area contributed by atoms with Crippen molar-refractivity contribution in [3.05, 3.63) is 53.6 Å². The Morgan fingerprint density at radius 2 is 1.55 bits per heavy atom. The number of aliphatic hydroxyl groups excluding tert-OH is 1. The molecule has 0 radical (unpaired) electrons. The summed E-state index contributed by atoms with van der Waals surface area (Å²) in [7, 11) is 0. The summed E-state index contributed by atoms with van der Waals surface area (Å²) in [5.41, 5.74) is 0.893.